The zero-order chi connectivity index (χ0) is 28.3. The number of pyridine rings is 1. The molecule has 210 valence electrons. The Hall–Kier alpha value is -2.98. The number of nitrogens with one attached hydrogen (secondary N) is 1. The van der Waals surface area contributed by atoms with Crippen molar-refractivity contribution in [2.75, 3.05) is 32.8 Å². The van der Waals surface area contributed by atoms with Crippen LogP contribution in [0.1, 0.15) is 25.3 Å². The summed E-state index contributed by atoms with van der Waals surface area (Å²) in [6.45, 7) is 5.71. The lowest BCUT2D eigenvalue weighted by Gasteiger charge is -2.31. The van der Waals surface area contributed by atoms with Crippen molar-refractivity contribution in [3.63, 3.8) is 0 Å². The smallest absolute Gasteiger partial charge is 0.475 e. The van der Waals surface area contributed by atoms with Crippen LogP contribution in [0.4, 0.5) is 26.3 Å². The van der Waals surface area contributed by atoms with E-state index in [4.69, 9.17) is 29.3 Å². The van der Waals surface area contributed by atoms with E-state index in [1.54, 1.807) is 19.3 Å². The summed E-state index contributed by atoms with van der Waals surface area (Å²) < 4.78 is 75.5. The van der Waals surface area contributed by atoms with Crippen molar-refractivity contribution in [1.82, 2.24) is 15.2 Å². The number of hydrogen-bond donors (Lipinski definition) is 3. The maximum absolute atomic E-state index is 11.7. The van der Waals surface area contributed by atoms with Crippen molar-refractivity contribution in [1.29, 1.82) is 0 Å². The van der Waals surface area contributed by atoms with E-state index in [0.29, 0.717) is 26.3 Å². The molecule has 2 fully saturated rings. The Balaban J connectivity index is 0.000000404. The number of carboxylic acid groups (broad SMARTS) is 2. The van der Waals surface area contributed by atoms with Gasteiger partial charge in [-0.15, -0.1) is 0 Å². The van der Waals surface area contributed by atoms with Gasteiger partial charge >= 0.3 is 24.3 Å². The van der Waals surface area contributed by atoms with E-state index in [9.17, 15) is 31.1 Å². The molecule has 2 aliphatic rings. The first-order valence-electron chi connectivity index (χ1n) is 10.8. The number of nitrogens with zero attached hydrogens (tertiary/aromatic N) is 2. The van der Waals surface area contributed by atoms with Crippen molar-refractivity contribution in [2.45, 2.75) is 50.4 Å². The Morgan fingerprint density at radius 3 is 2.14 bits per heavy atom. The molecular weight excluding hydrogens is 520 g/mol. The molecule has 3 heterocycles. The molecule has 2 saturated heterocycles. The molecule has 1 aromatic heterocycles. The highest BCUT2D eigenvalue weighted by atomic mass is 19.4. The zero-order valence-electron chi connectivity index (χ0n) is 19.6. The number of aliphatic carboxylic acids is 2. The van der Waals surface area contributed by atoms with Crippen molar-refractivity contribution < 1.29 is 60.4 Å². The molecule has 0 bridgehead atoms. The summed E-state index contributed by atoms with van der Waals surface area (Å²) in [7, 11) is 0. The normalized spacial score (nSPS) is 21.7. The average Bonchev–Trinajstić information content (AvgIpc) is 3.05. The van der Waals surface area contributed by atoms with Gasteiger partial charge in [-0.2, -0.15) is 26.3 Å². The molecule has 1 amide bonds. The highest BCUT2D eigenvalue weighted by molar-refractivity contribution is 5.73. The van der Waals surface area contributed by atoms with Crippen LogP contribution < -0.4 is 5.32 Å². The quantitative estimate of drug-likeness (QED) is 0.485. The van der Waals surface area contributed by atoms with Crippen LogP contribution in [0.15, 0.2) is 24.5 Å². The van der Waals surface area contributed by atoms with E-state index in [-0.39, 0.29) is 17.6 Å². The monoisotopic (exact) mass is 547 g/mol. The van der Waals surface area contributed by atoms with Gasteiger partial charge < -0.3 is 29.9 Å². The Labute approximate surface area is 207 Å². The number of carbonyl (C=O) groups excluding carboxylic acids is 1. The second kappa shape index (κ2) is 14.1. The highest BCUT2D eigenvalue weighted by Gasteiger charge is 2.43. The summed E-state index contributed by atoms with van der Waals surface area (Å²) in [4.78, 5) is 35.4. The third kappa shape index (κ3) is 12.2. The highest BCUT2D eigenvalue weighted by Crippen LogP contribution is 2.32. The van der Waals surface area contributed by atoms with E-state index >= 15 is 0 Å². The van der Waals surface area contributed by atoms with Gasteiger partial charge in [0.05, 0.1) is 25.9 Å². The molecule has 2 unspecified atom stereocenters. The van der Waals surface area contributed by atoms with E-state index in [0.717, 1.165) is 25.9 Å². The minimum Gasteiger partial charge on any atom is -0.475 e. The first kappa shape index (κ1) is 32.0. The average molecular weight is 547 g/mol. The van der Waals surface area contributed by atoms with Crippen LogP contribution in [0, 0.1) is 0 Å². The molecule has 10 nitrogen and oxygen atoms in total. The molecule has 3 rings (SSSR count). The third-order valence-electron chi connectivity index (χ3n) is 5.07. The summed E-state index contributed by atoms with van der Waals surface area (Å²) in [6, 6.07) is 4.02. The molecule has 2 aliphatic heterocycles. The Morgan fingerprint density at radius 2 is 1.65 bits per heavy atom. The molecule has 2 atom stereocenters. The largest absolute Gasteiger partial charge is 0.490 e. The Morgan fingerprint density at radius 1 is 1.11 bits per heavy atom. The predicted octanol–water partition coefficient (Wildman–Crippen LogP) is 2.23. The maximum atomic E-state index is 11.7. The van der Waals surface area contributed by atoms with Gasteiger partial charge in [-0.3, -0.25) is 9.78 Å². The summed E-state index contributed by atoms with van der Waals surface area (Å²) in [6.07, 6.45) is -4.45. The summed E-state index contributed by atoms with van der Waals surface area (Å²) in [5.74, 6) is -5.42. The molecule has 0 aliphatic carbocycles. The van der Waals surface area contributed by atoms with Crippen molar-refractivity contribution in [2.24, 2.45) is 0 Å². The molecule has 37 heavy (non-hydrogen) atoms. The lowest BCUT2D eigenvalue weighted by molar-refractivity contribution is -0.193. The fraction of sp³-hybridized carbons (Fsp3) is 0.619. The topological polar surface area (TPSA) is 138 Å². The van der Waals surface area contributed by atoms with Crippen molar-refractivity contribution >= 4 is 17.8 Å². The third-order valence-corrected chi connectivity index (χ3v) is 5.07. The van der Waals surface area contributed by atoms with Crippen LogP contribution in [0.2, 0.25) is 0 Å². The maximum Gasteiger partial charge on any atom is 0.490 e. The van der Waals surface area contributed by atoms with Crippen molar-refractivity contribution in [3.8, 4) is 0 Å². The summed E-state index contributed by atoms with van der Waals surface area (Å²) in [5, 5.41) is 17.7. The second-order valence-corrected chi connectivity index (χ2v) is 8.05. The van der Waals surface area contributed by atoms with E-state index in [1.807, 2.05) is 17.0 Å². The second-order valence-electron chi connectivity index (χ2n) is 8.05. The standard InChI is InChI=1S/C17H25N3O3.2C2HF3O2/c1-14(21)20-8-9-22-13-17(12-20)5-2-16(23-17)11-19-10-15-3-6-18-7-4-15;2*3-2(4,5)1(6)7/h3-4,6-7,16,19H,2,5,8-13H2,1H3;2*(H,6,7). The number of rotatable bonds is 4. The summed E-state index contributed by atoms with van der Waals surface area (Å²) >= 11 is 0. The van der Waals surface area contributed by atoms with Crippen LogP contribution >= 0.6 is 0 Å². The van der Waals surface area contributed by atoms with E-state index in [2.05, 4.69) is 10.3 Å². The van der Waals surface area contributed by atoms with Gasteiger partial charge in [-0.1, -0.05) is 0 Å². The Kier molecular flexibility index (Phi) is 12.2. The molecular formula is C21H27F6N3O7. The SMILES string of the molecule is CC(=O)N1CCOCC2(CCC(CNCc3ccncc3)O2)C1.O=C(O)C(F)(F)F.O=C(O)C(F)(F)F. The number of alkyl halides is 6. The number of amides is 1. The molecule has 0 radical (unpaired) electrons. The fourth-order valence-electron chi connectivity index (χ4n) is 3.31. The molecule has 1 aromatic rings. The number of ether oxygens (including phenoxy) is 2. The number of hydrogen-bond acceptors (Lipinski definition) is 7. The van der Waals surface area contributed by atoms with Gasteiger partial charge in [-0.25, -0.2) is 9.59 Å². The van der Waals surface area contributed by atoms with E-state index in [1.165, 1.54) is 5.56 Å². The molecule has 3 N–H and O–H groups in total. The molecule has 1 spiro atoms. The zero-order valence-corrected chi connectivity index (χ0v) is 19.6. The fourth-order valence-corrected chi connectivity index (χ4v) is 3.31. The van der Waals surface area contributed by atoms with Crippen LogP contribution in [0.25, 0.3) is 0 Å². The number of aromatic nitrogens is 1. The first-order valence-corrected chi connectivity index (χ1v) is 10.8. The lowest BCUT2D eigenvalue weighted by atomic mass is 10.00. The first-order chi connectivity index (χ1) is 17.1. The minimum absolute atomic E-state index is 0.0951. The van der Waals surface area contributed by atoms with Crippen LogP contribution in [0.3, 0.4) is 0 Å². The minimum atomic E-state index is -5.08. The van der Waals surface area contributed by atoms with Gasteiger partial charge in [0.1, 0.15) is 5.60 Å². The van der Waals surface area contributed by atoms with Crippen LogP contribution in [0.5, 0.6) is 0 Å². The van der Waals surface area contributed by atoms with E-state index < -0.39 is 24.3 Å². The molecule has 0 aromatic carbocycles. The number of carboxylic acids is 2. The van der Waals surface area contributed by atoms with Gasteiger partial charge in [0.15, 0.2) is 0 Å². The van der Waals surface area contributed by atoms with Gasteiger partial charge in [0.25, 0.3) is 0 Å². The lowest BCUT2D eigenvalue weighted by Crippen LogP contribution is -2.46. The van der Waals surface area contributed by atoms with Crippen molar-refractivity contribution in [3.05, 3.63) is 30.1 Å². The predicted molar refractivity (Wildman–Crippen MR) is 113 cm³/mol. The van der Waals surface area contributed by atoms with Crippen LogP contribution in [-0.2, 0) is 30.4 Å². The Bertz CT molecular complexity index is 862. The number of carbonyl (C=O) groups is 3. The van der Waals surface area contributed by atoms with Gasteiger partial charge in [0.2, 0.25) is 5.91 Å². The molecule has 16 heteroatoms. The summed E-state index contributed by atoms with van der Waals surface area (Å²) in [5.41, 5.74) is 0.888. The van der Waals surface area contributed by atoms with Gasteiger partial charge in [0, 0.05) is 39.0 Å². The molecule has 0 saturated carbocycles. The van der Waals surface area contributed by atoms with Gasteiger partial charge in [-0.05, 0) is 30.5 Å². The van der Waals surface area contributed by atoms with Crippen LogP contribution in [-0.4, -0.2) is 94.8 Å². The number of halogens is 6.